The molecule has 0 unspecified atom stereocenters. The molecule has 1 amide bonds. The third kappa shape index (κ3) is 3.59. The van der Waals surface area contributed by atoms with Crippen LogP contribution in [0.2, 0.25) is 0 Å². The standard InChI is InChI=1S/C17H18N4O2S2/c22-15(11-13-3-1-9-24-13)18-7-8-20-17(23)21(12-5-6-12)16(19-20)14-4-2-10-25-14/h1-4,9-10,12H,5-8,11H2,(H,18,22). The van der Waals surface area contributed by atoms with Crippen molar-refractivity contribution in [2.75, 3.05) is 6.54 Å². The molecule has 3 aromatic rings. The molecular weight excluding hydrogens is 356 g/mol. The Morgan fingerprint density at radius 3 is 2.72 bits per heavy atom. The summed E-state index contributed by atoms with van der Waals surface area (Å²) in [6.45, 7) is 0.781. The van der Waals surface area contributed by atoms with Crippen molar-refractivity contribution in [3.05, 3.63) is 50.4 Å². The van der Waals surface area contributed by atoms with Crippen LogP contribution in [0.5, 0.6) is 0 Å². The molecule has 0 bridgehead atoms. The van der Waals surface area contributed by atoms with Gasteiger partial charge in [-0.2, -0.15) is 0 Å². The maximum atomic E-state index is 12.7. The van der Waals surface area contributed by atoms with E-state index in [4.69, 9.17) is 0 Å². The van der Waals surface area contributed by atoms with E-state index < -0.39 is 0 Å². The number of carbonyl (C=O) groups excluding carboxylic acids is 1. The lowest BCUT2D eigenvalue weighted by molar-refractivity contribution is -0.120. The molecule has 0 spiro atoms. The zero-order valence-corrected chi connectivity index (χ0v) is 15.2. The third-order valence-electron chi connectivity index (χ3n) is 4.08. The zero-order chi connectivity index (χ0) is 17.2. The Bertz CT molecular complexity index is 905. The van der Waals surface area contributed by atoms with Crippen LogP contribution < -0.4 is 11.0 Å². The number of aromatic nitrogens is 3. The van der Waals surface area contributed by atoms with Crippen LogP contribution in [0.15, 0.2) is 39.8 Å². The van der Waals surface area contributed by atoms with Gasteiger partial charge in [-0.1, -0.05) is 12.1 Å². The lowest BCUT2D eigenvalue weighted by atomic mass is 10.3. The Hall–Kier alpha value is -2.19. The van der Waals surface area contributed by atoms with Gasteiger partial charge in [-0.25, -0.2) is 9.48 Å². The number of hydrogen-bond donors (Lipinski definition) is 1. The van der Waals surface area contributed by atoms with Crippen LogP contribution in [0.1, 0.15) is 23.8 Å². The highest BCUT2D eigenvalue weighted by molar-refractivity contribution is 7.13. The number of nitrogens with zero attached hydrogens (tertiary/aromatic N) is 3. The van der Waals surface area contributed by atoms with E-state index in [-0.39, 0.29) is 17.6 Å². The molecule has 0 radical (unpaired) electrons. The SMILES string of the molecule is O=C(Cc1cccs1)NCCn1nc(-c2cccs2)n(C2CC2)c1=O. The van der Waals surface area contributed by atoms with Gasteiger partial charge in [0.15, 0.2) is 5.82 Å². The average Bonchev–Trinajstić information content (AvgIpc) is 3.02. The van der Waals surface area contributed by atoms with Crippen molar-refractivity contribution in [2.24, 2.45) is 0 Å². The summed E-state index contributed by atoms with van der Waals surface area (Å²) in [6, 6.07) is 8.10. The smallest absolute Gasteiger partial charge is 0.346 e. The van der Waals surface area contributed by atoms with Gasteiger partial charge in [0.1, 0.15) is 0 Å². The van der Waals surface area contributed by atoms with E-state index in [2.05, 4.69) is 10.4 Å². The minimum Gasteiger partial charge on any atom is -0.354 e. The summed E-state index contributed by atoms with van der Waals surface area (Å²) in [7, 11) is 0. The van der Waals surface area contributed by atoms with Crippen LogP contribution in [0.25, 0.3) is 10.7 Å². The van der Waals surface area contributed by atoms with E-state index in [1.54, 1.807) is 27.2 Å². The fourth-order valence-electron chi connectivity index (χ4n) is 2.74. The van der Waals surface area contributed by atoms with Crippen LogP contribution in [-0.2, 0) is 17.8 Å². The predicted octanol–water partition coefficient (Wildman–Crippen LogP) is 2.53. The van der Waals surface area contributed by atoms with Gasteiger partial charge >= 0.3 is 5.69 Å². The van der Waals surface area contributed by atoms with E-state index in [9.17, 15) is 9.59 Å². The van der Waals surface area contributed by atoms with Gasteiger partial charge in [0.25, 0.3) is 0 Å². The van der Waals surface area contributed by atoms with Gasteiger partial charge in [0.05, 0.1) is 17.8 Å². The quantitative estimate of drug-likeness (QED) is 0.691. The summed E-state index contributed by atoms with van der Waals surface area (Å²) >= 11 is 3.15. The van der Waals surface area contributed by atoms with Crippen LogP contribution in [0.3, 0.4) is 0 Å². The van der Waals surface area contributed by atoms with E-state index in [1.165, 1.54) is 4.68 Å². The number of nitrogens with one attached hydrogen (secondary N) is 1. The first-order chi connectivity index (χ1) is 12.2. The summed E-state index contributed by atoms with van der Waals surface area (Å²) in [6.07, 6.45) is 2.44. The number of thiophene rings is 2. The Morgan fingerprint density at radius 1 is 1.24 bits per heavy atom. The van der Waals surface area contributed by atoms with Gasteiger partial charge in [-0.3, -0.25) is 9.36 Å². The first kappa shape index (κ1) is 16.3. The third-order valence-corrected chi connectivity index (χ3v) is 5.83. The monoisotopic (exact) mass is 374 g/mol. The molecule has 1 fully saturated rings. The fourth-order valence-corrected chi connectivity index (χ4v) is 4.15. The normalized spacial score (nSPS) is 13.9. The van der Waals surface area contributed by atoms with Crippen molar-refractivity contribution >= 4 is 28.6 Å². The highest BCUT2D eigenvalue weighted by Gasteiger charge is 2.30. The average molecular weight is 374 g/mol. The fraction of sp³-hybridized carbons (Fsp3) is 0.353. The first-order valence-corrected chi connectivity index (χ1v) is 10.0. The lowest BCUT2D eigenvalue weighted by Gasteiger charge is -2.03. The van der Waals surface area contributed by atoms with Crippen molar-refractivity contribution in [3.63, 3.8) is 0 Å². The maximum absolute atomic E-state index is 12.7. The highest BCUT2D eigenvalue weighted by atomic mass is 32.1. The Labute approximate surface area is 152 Å². The molecule has 25 heavy (non-hydrogen) atoms. The largest absolute Gasteiger partial charge is 0.354 e. The Kier molecular flexibility index (Phi) is 4.54. The molecule has 0 atom stereocenters. The van der Waals surface area contributed by atoms with E-state index >= 15 is 0 Å². The van der Waals surface area contributed by atoms with Gasteiger partial charge in [-0.05, 0) is 35.7 Å². The number of hydrogen-bond acceptors (Lipinski definition) is 5. The van der Waals surface area contributed by atoms with Crippen LogP contribution >= 0.6 is 22.7 Å². The molecule has 4 rings (SSSR count). The van der Waals surface area contributed by atoms with Crippen molar-refractivity contribution in [1.82, 2.24) is 19.7 Å². The topological polar surface area (TPSA) is 68.9 Å². The highest BCUT2D eigenvalue weighted by Crippen LogP contribution is 2.37. The van der Waals surface area contributed by atoms with Crippen LogP contribution in [0.4, 0.5) is 0 Å². The second kappa shape index (κ2) is 6.97. The van der Waals surface area contributed by atoms with E-state index in [1.807, 2.05) is 35.0 Å². The first-order valence-electron chi connectivity index (χ1n) is 8.24. The minimum absolute atomic E-state index is 0.0318. The molecule has 1 N–H and O–H groups in total. The minimum atomic E-state index is -0.0848. The second-order valence-corrected chi connectivity index (χ2v) is 7.99. The zero-order valence-electron chi connectivity index (χ0n) is 13.6. The second-order valence-electron chi connectivity index (χ2n) is 6.01. The van der Waals surface area contributed by atoms with Crippen molar-refractivity contribution in [2.45, 2.75) is 31.8 Å². The van der Waals surface area contributed by atoms with Crippen LogP contribution in [0, 0.1) is 0 Å². The molecular formula is C17H18N4O2S2. The van der Waals surface area contributed by atoms with Gasteiger partial charge in [0, 0.05) is 17.5 Å². The maximum Gasteiger partial charge on any atom is 0.346 e. The molecule has 1 aliphatic carbocycles. The molecule has 6 nitrogen and oxygen atoms in total. The molecule has 0 aliphatic heterocycles. The molecule has 0 saturated heterocycles. The molecule has 1 aliphatic rings. The number of amides is 1. The molecule has 3 heterocycles. The summed E-state index contributed by atoms with van der Waals surface area (Å²) < 4.78 is 3.28. The predicted molar refractivity (Wildman–Crippen MR) is 99.1 cm³/mol. The summed E-state index contributed by atoms with van der Waals surface area (Å²) in [5, 5.41) is 11.3. The van der Waals surface area contributed by atoms with E-state index in [0.717, 1.165) is 28.4 Å². The lowest BCUT2D eigenvalue weighted by Crippen LogP contribution is -2.32. The number of rotatable bonds is 7. The van der Waals surface area contributed by atoms with Gasteiger partial charge < -0.3 is 5.32 Å². The molecule has 130 valence electrons. The summed E-state index contributed by atoms with van der Waals surface area (Å²) in [5.74, 6) is 0.711. The van der Waals surface area contributed by atoms with Gasteiger partial charge in [-0.15, -0.1) is 27.8 Å². The number of carbonyl (C=O) groups is 1. The molecule has 1 saturated carbocycles. The van der Waals surface area contributed by atoms with Crippen LogP contribution in [-0.4, -0.2) is 26.8 Å². The molecule has 8 heteroatoms. The Balaban J connectivity index is 1.43. The molecule has 0 aromatic carbocycles. The van der Waals surface area contributed by atoms with E-state index in [0.29, 0.717) is 19.5 Å². The Morgan fingerprint density at radius 2 is 2.04 bits per heavy atom. The molecule has 3 aromatic heterocycles. The summed E-state index contributed by atoms with van der Waals surface area (Å²) in [5.41, 5.74) is -0.0848. The van der Waals surface area contributed by atoms with Crippen molar-refractivity contribution in [3.8, 4) is 10.7 Å². The van der Waals surface area contributed by atoms with Crippen molar-refractivity contribution < 1.29 is 4.79 Å². The van der Waals surface area contributed by atoms with Crippen molar-refractivity contribution in [1.29, 1.82) is 0 Å². The summed E-state index contributed by atoms with van der Waals surface area (Å²) in [4.78, 5) is 26.6. The van der Waals surface area contributed by atoms with Gasteiger partial charge in [0.2, 0.25) is 5.91 Å².